The molecule has 1 aliphatic heterocycles. The number of hydrogen-bond donors (Lipinski definition) is 2. The summed E-state index contributed by atoms with van der Waals surface area (Å²) in [5.74, 6) is -0.672. The molecule has 0 aliphatic carbocycles. The van der Waals surface area contributed by atoms with Crippen LogP contribution in [0.25, 0.3) is 0 Å². The van der Waals surface area contributed by atoms with Gasteiger partial charge in [-0.15, -0.1) is 0 Å². The van der Waals surface area contributed by atoms with E-state index < -0.39 is 11.4 Å². The lowest BCUT2D eigenvalue weighted by Crippen LogP contribution is -2.53. The van der Waals surface area contributed by atoms with E-state index in [1.165, 1.54) is 0 Å². The summed E-state index contributed by atoms with van der Waals surface area (Å²) in [5, 5.41) is 12.3. The second kappa shape index (κ2) is 2.73. The van der Waals surface area contributed by atoms with Crippen LogP contribution in [0, 0.1) is 10.8 Å². The maximum atomic E-state index is 11.1. The average Bonchev–Trinajstić information content (AvgIpc) is 1.95. The predicted octanol–water partition coefficient (Wildman–Crippen LogP) is 1.10. The van der Waals surface area contributed by atoms with Crippen molar-refractivity contribution in [1.29, 1.82) is 0 Å². The van der Waals surface area contributed by atoms with Crippen molar-refractivity contribution in [2.45, 2.75) is 27.2 Å². The number of rotatable bonds is 1. The zero-order valence-corrected chi connectivity index (χ0v) is 7.98. The third-order valence-electron chi connectivity index (χ3n) is 3.33. The molecular formula is C9H17NO2. The van der Waals surface area contributed by atoms with E-state index in [-0.39, 0.29) is 5.41 Å². The van der Waals surface area contributed by atoms with Crippen molar-refractivity contribution in [3.05, 3.63) is 0 Å². The Balaban J connectivity index is 2.91. The van der Waals surface area contributed by atoms with Gasteiger partial charge in [-0.2, -0.15) is 0 Å². The van der Waals surface area contributed by atoms with E-state index in [9.17, 15) is 4.79 Å². The second-order valence-electron chi connectivity index (χ2n) is 4.45. The van der Waals surface area contributed by atoms with Crippen molar-refractivity contribution in [1.82, 2.24) is 5.32 Å². The van der Waals surface area contributed by atoms with E-state index in [0.717, 1.165) is 19.5 Å². The van der Waals surface area contributed by atoms with Crippen LogP contribution in [0.3, 0.4) is 0 Å². The van der Waals surface area contributed by atoms with Crippen molar-refractivity contribution in [3.8, 4) is 0 Å². The summed E-state index contributed by atoms with van der Waals surface area (Å²) in [7, 11) is 0. The number of carbonyl (C=O) groups is 1. The Morgan fingerprint density at radius 3 is 2.33 bits per heavy atom. The largest absolute Gasteiger partial charge is 0.481 e. The van der Waals surface area contributed by atoms with Gasteiger partial charge in [0.15, 0.2) is 0 Å². The van der Waals surface area contributed by atoms with Gasteiger partial charge in [-0.05, 0) is 25.3 Å². The summed E-state index contributed by atoms with van der Waals surface area (Å²) in [6, 6.07) is 0. The molecule has 70 valence electrons. The zero-order chi connectivity index (χ0) is 9.41. The highest BCUT2D eigenvalue weighted by molar-refractivity contribution is 5.75. The third-order valence-corrected chi connectivity index (χ3v) is 3.33. The monoisotopic (exact) mass is 171 g/mol. The van der Waals surface area contributed by atoms with Gasteiger partial charge in [0.05, 0.1) is 5.41 Å². The molecule has 1 rings (SSSR count). The lowest BCUT2D eigenvalue weighted by Gasteiger charge is -2.45. The second-order valence-corrected chi connectivity index (χ2v) is 4.45. The Bertz CT molecular complexity index is 201. The lowest BCUT2D eigenvalue weighted by atomic mass is 9.63. The average molecular weight is 171 g/mol. The van der Waals surface area contributed by atoms with Gasteiger partial charge in [0, 0.05) is 6.54 Å². The maximum Gasteiger partial charge on any atom is 0.309 e. The first-order chi connectivity index (χ1) is 5.40. The Labute approximate surface area is 73.2 Å². The summed E-state index contributed by atoms with van der Waals surface area (Å²) in [5.41, 5.74) is -0.727. The van der Waals surface area contributed by atoms with Crippen LogP contribution in [0.4, 0.5) is 0 Å². The van der Waals surface area contributed by atoms with Gasteiger partial charge in [0.2, 0.25) is 0 Å². The van der Waals surface area contributed by atoms with Gasteiger partial charge in [0.25, 0.3) is 0 Å². The highest BCUT2D eigenvalue weighted by atomic mass is 16.4. The number of hydrogen-bond acceptors (Lipinski definition) is 2. The fourth-order valence-electron chi connectivity index (χ4n) is 1.67. The first-order valence-electron chi connectivity index (χ1n) is 4.34. The summed E-state index contributed by atoms with van der Waals surface area (Å²) in [4.78, 5) is 11.1. The van der Waals surface area contributed by atoms with Crippen LogP contribution in [0.1, 0.15) is 27.2 Å². The smallest absolute Gasteiger partial charge is 0.309 e. The molecule has 3 nitrogen and oxygen atoms in total. The number of carboxylic acid groups (broad SMARTS) is 1. The van der Waals surface area contributed by atoms with Crippen LogP contribution in [0.15, 0.2) is 0 Å². The van der Waals surface area contributed by atoms with Crippen LogP contribution in [-0.4, -0.2) is 24.2 Å². The Morgan fingerprint density at radius 1 is 1.42 bits per heavy atom. The van der Waals surface area contributed by atoms with Crippen molar-refractivity contribution < 1.29 is 9.90 Å². The molecule has 3 heteroatoms. The van der Waals surface area contributed by atoms with Crippen LogP contribution < -0.4 is 5.32 Å². The minimum atomic E-state index is -0.672. The standard InChI is InChI=1S/C9H17NO2/c1-8(2)6-10-5-4-9(8,3)7(11)12/h10H,4-6H2,1-3H3,(H,11,12). The summed E-state index contributed by atoms with van der Waals surface area (Å²) in [6.07, 6.45) is 0.718. The van der Waals surface area contributed by atoms with Gasteiger partial charge in [-0.25, -0.2) is 0 Å². The van der Waals surface area contributed by atoms with E-state index >= 15 is 0 Å². The first-order valence-corrected chi connectivity index (χ1v) is 4.34. The molecule has 12 heavy (non-hydrogen) atoms. The van der Waals surface area contributed by atoms with Gasteiger partial charge >= 0.3 is 5.97 Å². The first kappa shape index (κ1) is 9.52. The fraction of sp³-hybridized carbons (Fsp3) is 0.889. The van der Waals surface area contributed by atoms with E-state index in [1.54, 1.807) is 0 Å². The molecule has 1 heterocycles. The van der Waals surface area contributed by atoms with Gasteiger partial charge in [0.1, 0.15) is 0 Å². The van der Waals surface area contributed by atoms with Gasteiger partial charge in [-0.3, -0.25) is 4.79 Å². The van der Waals surface area contributed by atoms with Gasteiger partial charge in [-0.1, -0.05) is 13.8 Å². The predicted molar refractivity (Wildman–Crippen MR) is 47.0 cm³/mol. The molecule has 1 atom stereocenters. The molecule has 0 bridgehead atoms. The fourth-order valence-corrected chi connectivity index (χ4v) is 1.67. The lowest BCUT2D eigenvalue weighted by molar-refractivity contribution is -0.157. The molecule has 2 N–H and O–H groups in total. The maximum absolute atomic E-state index is 11.1. The molecule has 1 fully saturated rings. The summed E-state index contributed by atoms with van der Waals surface area (Å²) in [6.45, 7) is 7.46. The van der Waals surface area contributed by atoms with E-state index in [0.29, 0.717) is 0 Å². The summed E-state index contributed by atoms with van der Waals surface area (Å²) < 4.78 is 0. The van der Waals surface area contributed by atoms with E-state index in [2.05, 4.69) is 5.32 Å². The molecule has 0 aromatic carbocycles. The molecule has 0 radical (unpaired) electrons. The van der Waals surface area contributed by atoms with Crippen LogP contribution in [0.2, 0.25) is 0 Å². The highest BCUT2D eigenvalue weighted by Gasteiger charge is 2.48. The molecule has 1 aliphatic rings. The Hall–Kier alpha value is -0.570. The minimum Gasteiger partial charge on any atom is -0.481 e. The van der Waals surface area contributed by atoms with E-state index in [1.807, 2.05) is 20.8 Å². The SMILES string of the molecule is CC1(C)CNCCC1(C)C(=O)O. The van der Waals surface area contributed by atoms with Crippen molar-refractivity contribution >= 4 is 5.97 Å². The molecule has 1 unspecified atom stereocenters. The number of carboxylic acids is 1. The molecule has 0 amide bonds. The normalized spacial score (nSPS) is 34.6. The number of piperidine rings is 1. The minimum absolute atomic E-state index is 0.156. The van der Waals surface area contributed by atoms with Crippen LogP contribution in [-0.2, 0) is 4.79 Å². The third kappa shape index (κ3) is 1.22. The molecular weight excluding hydrogens is 154 g/mol. The number of nitrogens with one attached hydrogen (secondary N) is 1. The number of aliphatic carboxylic acids is 1. The topological polar surface area (TPSA) is 49.3 Å². The van der Waals surface area contributed by atoms with Crippen molar-refractivity contribution in [3.63, 3.8) is 0 Å². The summed E-state index contributed by atoms with van der Waals surface area (Å²) >= 11 is 0. The zero-order valence-electron chi connectivity index (χ0n) is 7.98. The molecule has 1 saturated heterocycles. The molecule has 0 aromatic rings. The van der Waals surface area contributed by atoms with Gasteiger partial charge < -0.3 is 10.4 Å². The van der Waals surface area contributed by atoms with Crippen molar-refractivity contribution in [2.24, 2.45) is 10.8 Å². The molecule has 0 saturated carbocycles. The van der Waals surface area contributed by atoms with Crippen LogP contribution in [0.5, 0.6) is 0 Å². The van der Waals surface area contributed by atoms with Crippen LogP contribution >= 0.6 is 0 Å². The van der Waals surface area contributed by atoms with E-state index in [4.69, 9.17) is 5.11 Å². The van der Waals surface area contributed by atoms with Crippen molar-refractivity contribution in [2.75, 3.05) is 13.1 Å². The quantitative estimate of drug-likeness (QED) is 0.621. The molecule has 0 aromatic heterocycles. The Kier molecular flexibility index (Phi) is 2.17. The highest BCUT2D eigenvalue weighted by Crippen LogP contribution is 2.43. The molecule has 0 spiro atoms. The Morgan fingerprint density at radius 2 is 2.00 bits per heavy atom.